The summed E-state index contributed by atoms with van der Waals surface area (Å²) in [7, 11) is 0. The molecule has 0 spiro atoms. The topological polar surface area (TPSA) is 0 Å². The van der Waals surface area contributed by atoms with E-state index in [-0.39, 0.29) is 0 Å². The molecular weight excluding hydrogens is 168 g/mol. The highest BCUT2D eigenvalue weighted by molar-refractivity contribution is 5.97. The number of hydrogen-bond donors (Lipinski definition) is 0. The van der Waals surface area contributed by atoms with Gasteiger partial charge in [-0.3, -0.25) is 0 Å². The van der Waals surface area contributed by atoms with Gasteiger partial charge in [0.05, 0.1) is 0 Å². The van der Waals surface area contributed by atoms with Crippen molar-refractivity contribution < 1.29 is 0 Å². The first-order valence-corrected chi connectivity index (χ1v) is 4.64. The molecule has 0 fully saturated rings. The Bertz CT molecular complexity index is 489. The van der Waals surface area contributed by atoms with Gasteiger partial charge in [0.1, 0.15) is 0 Å². The van der Waals surface area contributed by atoms with Crippen molar-refractivity contribution in [3.8, 4) is 0 Å². The SMILES string of the molecule is [c]1cccc2cc3[c]cccc3cc12. The molecule has 3 aromatic carbocycles. The van der Waals surface area contributed by atoms with Gasteiger partial charge >= 0.3 is 0 Å². The van der Waals surface area contributed by atoms with Gasteiger partial charge < -0.3 is 0 Å². The van der Waals surface area contributed by atoms with Crippen LogP contribution in [-0.2, 0) is 0 Å². The van der Waals surface area contributed by atoms with Crippen molar-refractivity contribution in [2.24, 2.45) is 0 Å². The summed E-state index contributed by atoms with van der Waals surface area (Å²) in [5, 5.41) is 4.78. The zero-order chi connectivity index (χ0) is 9.38. The Labute approximate surface area is 82.8 Å². The normalized spacial score (nSPS) is 10.9. The van der Waals surface area contributed by atoms with Gasteiger partial charge in [-0.15, -0.1) is 0 Å². The number of hydrogen-bond acceptors (Lipinski definition) is 0. The molecule has 0 heteroatoms. The van der Waals surface area contributed by atoms with E-state index < -0.39 is 0 Å². The van der Waals surface area contributed by atoms with Crippen molar-refractivity contribution in [2.75, 3.05) is 0 Å². The first-order chi connectivity index (χ1) is 6.93. The van der Waals surface area contributed by atoms with E-state index in [2.05, 4.69) is 36.4 Å². The molecule has 0 atom stereocenters. The summed E-state index contributed by atoms with van der Waals surface area (Å²) in [4.78, 5) is 0. The van der Waals surface area contributed by atoms with E-state index in [0.29, 0.717) is 0 Å². The maximum atomic E-state index is 3.23. The van der Waals surface area contributed by atoms with Crippen LogP contribution in [0.25, 0.3) is 21.5 Å². The fourth-order valence-corrected chi connectivity index (χ4v) is 1.74. The zero-order valence-corrected chi connectivity index (χ0v) is 7.62. The summed E-state index contributed by atoms with van der Waals surface area (Å²) in [5.41, 5.74) is 0. The molecule has 0 aliphatic heterocycles. The first kappa shape index (κ1) is 7.57. The fraction of sp³-hybridized carbons (Fsp3) is 0. The molecule has 0 aliphatic rings. The maximum absolute atomic E-state index is 3.23. The third-order valence-electron chi connectivity index (χ3n) is 2.44. The molecule has 2 radical (unpaired) electrons. The average Bonchev–Trinajstić information content (AvgIpc) is 2.26. The molecule has 3 aromatic rings. The van der Waals surface area contributed by atoms with Crippen molar-refractivity contribution in [3.05, 3.63) is 60.7 Å². The molecule has 0 amide bonds. The zero-order valence-electron chi connectivity index (χ0n) is 7.62. The second-order valence-corrected chi connectivity index (χ2v) is 3.37. The van der Waals surface area contributed by atoms with Crippen LogP contribution in [0, 0.1) is 12.1 Å². The van der Waals surface area contributed by atoms with Crippen molar-refractivity contribution in [2.45, 2.75) is 0 Å². The van der Waals surface area contributed by atoms with Gasteiger partial charge in [0.15, 0.2) is 0 Å². The molecule has 0 unspecified atom stereocenters. The molecule has 0 aromatic heterocycles. The lowest BCUT2D eigenvalue weighted by molar-refractivity contribution is 1.75. The summed E-state index contributed by atoms with van der Waals surface area (Å²) in [6.07, 6.45) is 0. The van der Waals surface area contributed by atoms with Crippen LogP contribution in [0.1, 0.15) is 0 Å². The van der Waals surface area contributed by atoms with E-state index in [4.69, 9.17) is 0 Å². The van der Waals surface area contributed by atoms with Gasteiger partial charge in [-0.25, -0.2) is 0 Å². The Morgan fingerprint density at radius 2 is 1.21 bits per heavy atom. The van der Waals surface area contributed by atoms with Gasteiger partial charge in [0, 0.05) is 0 Å². The molecule has 0 nitrogen and oxygen atoms in total. The van der Waals surface area contributed by atoms with E-state index in [1.54, 1.807) is 0 Å². The molecule has 0 N–H and O–H groups in total. The van der Waals surface area contributed by atoms with Crippen LogP contribution in [0.2, 0.25) is 0 Å². The smallest absolute Gasteiger partial charge is 0.00988 e. The molecule has 3 rings (SSSR count). The quantitative estimate of drug-likeness (QED) is 0.459. The van der Waals surface area contributed by atoms with Gasteiger partial charge in [-0.05, 0) is 45.8 Å². The summed E-state index contributed by atoms with van der Waals surface area (Å²) in [6.45, 7) is 0. The molecule has 0 heterocycles. The fourth-order valence-electron chi connectivity index (χ4n) is 1.74. The highest BCUT2D eigenvalue weighted by atomic mass is 14.0. The van der Waals surface area contributed by atoms with Crippen molar-refractivity contribution in [1.29, 1.82) is 0 Å². The summed E-state index contributed by atoms with van der Waals surface area (Å²) >= 11 is 0. The Morgan fingerprint density at radius 3 is 1.71 bits per heavy atom. The van der Waals surface area contributed by atoms with Crippen LogP contribution >= 0.6 is 0 Å². The van der Waals surface area contributed by atoms with Crippen molar-refractivity contribution >= 4 is 21.5 Å². The van der Waals surface area contributed by atoms with Gasteiger partial charge in [-0.2, -0.15) is 0 Å². The van der Waals surface area contributed by atoms with E-state index in [1.807, 2.05) is 24.3 Å². The monoisotopic (exact) mass is 176 g/mol. The Hall–Kier alpha value is -1.82. The standard InChI is InChI=1S/C14H8/c1-2-6-12-10-14-8-4-3-7-13(14)9-11(12)5-1/h1-5,8-10H. The second-order valence-electron chi connectivity index (χ2n) is 3.37. The van der Waals surface area contributed by atoms with Crippen LogP contribution in [0.4, 0.5) is 0 Å². The second kappa shape index (κ2) is 2.85. The molecule has 0 saturated carbocycles. The van der Waals surface area contributed by atoms with Crippen LogP contribution in [0.3, 0.4) is 0 Å². The minimum atomic E-state index is 1.17. The average molecular weight is 176 g/mol. The number of benzene rings is 3. The Kier molecular flexibility index (Phi) is 1.54. The summed E-state index contributed by atoms with van der Waals surface area (Å²) in [5.74, 6) is 0. The van der Waals surface area contributed by atoms with Crippen LogP contribution in [-0.4, -0.2) is 0 Å². The highest BCUT2D eigenvalue weighted by Gasteiger charge is 1.95. The van der Waals surface area contributed by atoms with E-state index in [9.17, 15) is 0 Å². The summed E-state index contributed by atoms with van der Waals surface area (Å²) in [6, 6.07) is 22.9. The Balaban J connectivity index is 2.52. The molecule has 64 valence electrons. The van der Waals surface area contributed by atoms with Gasteiger partial charge in [0.25, 0.3) is 0 Å². The largest absolute Gasteiger partial charge is 0.0610 e. The minimum absolute atomic E-state index is 1.17. The van der Waals surface area contributed by atoms with Gasteiger partial charge in [-0.1, -0.05) is 36.4 Å². The third-order valence-corrected chi connectivity index (χ3v) is 2.44. The Morgan fingerprint density at radius 1 is 0.714 bits per heavy atom. The van der Waals surface area contributed by atoms with E-state index >= 15 is 0 Å². The first-order valence-electron chi connectivity index (χ1n) is 4.64. The molecule has 0 aliphatic carbocycles. The highest BCUT2D eigenvalue weighted by Crippen LogP contribution is 2.21. The number of fused-ring (bicyclic) bond motifs is 2. The lowest BCUT2D eigenvalue weighted by Crippen LogP contribution is -1.75. The number of rotatable bonds is 0. The summed E-state index contributed by atoms with van der Waals surface area (Å²) < 4.78 is 0. The van der Waals surface area contributed by atoms with Gasteiger partial charge in [0.2, 0.25) is 0 Å². The van der Waals surface area contributed by atoms with Crippen molar-refractivity contribution in [3.63, 3.8) is 0 Å². The third kappa shape index (κ3) is 1.08. The molecule has 14 heavy (non-hydrogen) atoms. The lowest BCUT2D eigenvalue weighted by Gasteiger charge is -2.00. The van der Waals surface area contributed by atoms with E-state index in [0.717, 1.165) is 0 Å². The van der Waals surface area contributed by atoms with Crippen LogP contribution in [0.15, 0.2) is 48.5 Å². The maximum Gasteiger partial charge on any atom is -0.00988 e. The van der Waals surface area contributed by atoms with Crippen LogP contribution in [0.5, 0.6) is 0 Å². The van der Waals surface area contributed by atoms with Crippen molar-refractivity contribution in [1.82, 2.24) is 0 Å². The minimum Gasteiger partial charge on any atom is -0.0610 e. The lowest BCUT2D eigenvalue weighted by atomic mass is 10.0. The molecule has 0 saturated heterocycles. The predicted molar refractivity (Wildman–Crippen MR) is 59.1 cm³/mol. The van der Waals surface area contributed by atoms with Crippen LogP contribution < -0.4 is 0 Å². The molecular formula is C14H8. The predicted octanol–water partition coefficient (Wildman–Crippen LogP) is 3.59. The van der Waals surface area contributed by atoms with E-state index in [1.165, 1.54) is 21.5 Å². The molecule has 0 bridgehead atoms.